The van der Waals surface area contributed by atoms with Gasteiger partial charge < -0.3 is 14.4 Å². The molecule has 0 spiro atoms. The largest absolute Gasteiger partial charge is 0.490 e. The van der Waals surface area contributed by atoms with Crippen molar-refractivity contribution in [2.75, 3.05) is 19.8 Å². The highest BCUT2D eigenvalue weighted by molar-refractivity contribution is 5.81. The lowest BCUT2D eigenvalue weighted by atomic mass is 10.0. The van der Waals surface area contributed by atoms with E-state index in [0.29, 0.717) is 36.3 Å². The topological polar surface area (TPSA) is 93.6 Å². The monoisotopic (exact) mass is 421 g/mol. The number of nitrogens with zero attached hydrogens (tertiary/aromatic N) is 2. The molecule has 2 aliphatic heterocycles. The van der Waals surface area contributed by atoms with Crippen molar-refractivity contribution in [1.29, 1.82) is 0 Å². The number of fused-ring (bicyclic) bond motifs is 2. The summed E-state index contributed by atoms with van der Waals surface area (Å²) in [7, 11) is 0. The summed E-state index contributed by atoms with van der Waals surface area (Å²) in [6, 6.07) is 12.3. The molecule has 1 saturated heterocycles. The van der Waals surface area contributed by atoms with Crippen molar-refractivity contribution in [2.45, 2.75) is 31.8 Å². The number of likely N-dealkylation sites (tertiary alicyclic amines) is 1. The van der Waals surface area contributed by atoms with Crippen molar-refractivity contribution in [3.05, 3.63) is 68.7 Å². The Hall–Kier alpha value is -3.55. The van der Waals surface area contributed by atoms with Gasteiger partial charge in [0.15, 0.2) is 11.5 Å². The Morgan fingerprint density at radius 1 is 1.00 bits per heavy atom. The van der Waals surface area contributed by atoms with Gasteiger partial charge in [-0.3, -0.25) is 19.5 Å². The van der Waals surface area contributed by atoms with Gasteiger partial charge in [0.2, 0.25) is 5.91 Å². The standard InChI is InChI=1S/C23H23N3O5/c27-21(14-26-23(29)17-6-2-1-5-16(17)22(28)24-26)25-10-3-7-18(25)15-8-9-19-20(13-15)31-12-4-11-30-19/h1-2,5-6,8-9,13,18H,3-4,7,10-12,14H2,(H,24,28)/t18-/m1/s1. The molecule has 8 heteroatoms. The van der Waals surface area contributed by atoms with Crippen LogP contribution in [0.25, 0.3) is 10.8 Å². The molecule has 0 unspecified atom stereocenters. The van der Waals surface area contributed by atoms with Crippen LogP contribution in [-0.4, -0.2) is 40.3 Å². The molecule has 1 atom stereocenters. The SMILES string of the molecule is O=C(Cn1[nH]c(=O)c2ccccc2c1=O)N1CCC[C@@H]1c1ccc2c(c1)OCCCO2. The molecular formula is C23H23N3O5. The third kappa shape index (κ3) is 3.58. The highest BCUT2D eigenvalue weighted by Gasteiger charge is 2.31. The molecule has 0 bridgehead atoms. The number of hydrogen-bond acceptors (Lipinski definition) is 5. The van der Waals surface area contributed by atoms with Crippen LogP contribution in [-0.2, 0) is 11.3 Å². The Morgan fingerprint density at radius 2 is 1.77 bits per heavy atom. The molecule has 1 fully saturated rings. The lowest BCUT2D eigenvalue weighted by Crippen LogP contribution is -2.39. The summed E-state index contributed by atoms with van der Waals surface area (Å²) in [6.45, 7) is 1.62. The van der Waals surface area contributed by atoms with Crippen molar-refractivity contribution < 1.29 is 14.3 Å². The Kier molecular flexibility index (Phi) is 4.97. The van der Waals surface area contributed by atoms with E-state index in [-0.39, 0.29) is 29.6 Å². The van der Waals surface area contributed by atoms with Crippen LogP contribution in [0.3, 0.4) is 0 Å². The minimum Gasteiger partial charge on any atom is -0.490 e. The second-order valence-corrected chi connectivity index (χ2v) is 7.88. The summed E-state index contributed by atoms with van der Waals surface area (Å²) < 4.78 is 12.6. The van der Waals surface area contributed by atoms with E-state index in [0.717, 1.165) is 35.3 Å². The molecule has 5 rings (SSSR count). The molecule has 0 aliphatic carbocycles. The van der Waals surface area contributed by atoms with Gasteiger partial charge in [-0.2, -0.15) is 0 Å². The number of nitrogens with one attached hydrogen (secondary N) is 1. The van der Waals surface area contributed by atoms with Crippen LogP contribution in [0.5, 0.6) is 11.5 Å². The van der Waals surface area contributed by atoms with Crippen LogP contribution >= 0.6 is 0 Å². The summed E-state index contributed by atoms with van der Waals surface area (Å²) in [5.74, 6) is 1.21. The summed E-state index contributed by atoms with van der Waals surface area (Å²) in [4.78, 5) is 40.0. The van der Waals surface area contributed by atoms with Crippen LogP contribution in [0.1, 0.15) is 30.9 Å². The Morgan fingerprint density at radius 3 is 2.61 bits per heavy atom. The van der Waals surface area contributed by atoms with E-state index in [1.165, 1.54) is 0 Å². The van der Waals surface area contributed by atoms with Gasteiger partial charge in [0.25, 0.3) is 11.1 Å². The molecule has 160 valence electrons. The van der Waals surface area contributed by atoms with Crippen LogP contribution < -0.4 is 20.6 Å². The summed E-state index contributed by atoms with van der Waals surface area (Å²) in [6.07, 6.45) is 2.53. The first kappa shape index (κ1) is 19.4. The van der Waals surface area contributed by atoms with E-state index >= 15 is 0 Å². The first-order chi connectivity index (χ1) is 15.1. The normalized spacial score (nSPS) is 18.2. The maximum Gasteiger partial charge on any atom is 0.273 e. The molecular weight excluding hydrogens is 398 g/mol. The number of hydrogen-bond donors (Lipinski definition) is 1. The minimum atomic E-state index is -0.385. The van der Waals surface area contributed by atoms with E-state index in [2.05, 4.69) is 5.10 Å². The molecule has 2 aromatic carbocycles. The highest BCUT2D eigenvalue weighted by atomic mass is 16.5. The molecule has 8 nitrogen and oxygen atoms in total. The van der Waals surface area contributed by atoms with Gasteiger partial charge >= 0.3 is 0 Å². The predicted octanol–water partition coefficient (Wildman–Crippen LogP) is 2.21. The van der Waals surface area contributed by atoms with E-state index < -0.39 is 0 Å². The van der Waals surface area contributed by atoms with E-state index in [1.54, 1.807) is 29.2 Å². The van der Waals surface area contributed by atoms with Crippen molar-refractivity contribution in [2.24, 2.45) is 0 Å². The lowest BCUT2D eigenvalue weighted by molar-refractivity contribution is -0.133. The predicted molar refractivity (Wildman–Crippen MR) is 115 cm³/mol. The van der Waals surface area contributed by atoms with Crippen molar-refractivity contribution in [3.8, 4) is 11.5 Å². The van der Waals surface area contributed by atoms with Gasteiger partial charge in [0, 0.05) is 13.0 Å². The molecule has 1 aromatic heterocycles. The van der Waals surface area contributed by atoms with Crippen molar-refractivity contribution >= 4 is 16.7 Å². The molecule has 0 radical (unpaired) electrons. The number of aromatic nitrogens is 2. The van der Waals surface area contributed by atoms with Gasteiger partial charge in [-0.1, -0.05) is 18.2 Å². The van der Waals surface area contributed by atoms with E-state index in [9.17, 15) is 14.4 Å². The third-order valence-electron chi connectivity index (χ3n) is 5.91. The zero-order valence-corrected chi connectivity index (χ0v) is 17.0. The second-order valence-electron chi connectivity index (χ2n) is 7.88. The quantitative estimate of drug-likeness (QED) is 0.700. The first-order valence-corrected chi connectivity index (χ1v) is 10.5. The van der Waals surface area contributed by atoms with Gasteiger partial charge in [0.1, 0.15) is 6.54 Å². The zero-order chi connectivity index (χ0) is 21.4. The smallest absolute Gasteiger partial charge is 0.273 e. The molecule has 1 N–H and O–H groups in total. The minimum absolute atomic E-state index is 0.104. The fourth-order valence-electron chi connectivity index (χ4n) is 4.38. The van der Waals surface area contributed by atoms with Crippen LogP contribution in [0.4, 0.5) is 0 Å². The number of H-pyrrole nitrogens is 1. The third-order valence-corrected chi connectivity index (χ3v) is 5.91. The van der Waals surface area contributed by atoms with E-state index in [1.807, 2.05) is 18.2 Å². The molecule has 2 aliphatic rings. The molecule has 1 amide bonds. The first-order valence-electron chi connectivity index (χ1n) is 10.5. The van der Waals surface area contributed by atoms with Crippen molar-refractivity contribution in [1.82, 2.24) is 14.7 Å². The number of ether oxygens (including phenoxy) is 2. The molecule has 31 heavy (non-hydrogen) atoms. The summed E-state index contributed by atoms with van der Waals surface area (Å²) in [5.41, 5.74) is 0.216. The van der Waals surface area contributed by atoms with Gasteiger partial charge in [-0.05, 0) is 42.7 Å². The number of aromatic amines is 1. The lowest BCUT2D eigenvalue weighted by Gasteiger charge is -2.26. The van der Waals surface area contributed by atoms with Gasteiger partial charge in [0.05, 0.1) is 30.0 Å². The summed E-state index contributed by atoms with van der Waals surface area (Å²) in [5, 5.41) is 3.17. The average Bonchev–Trinajstić information content (AvgIpc) is 3.16. The fourth-order valence-corrected chi connectivity index (χ4v) is 4.38. The Balaban J connectivity index is 1.42. The van der Waals surface area contributed by atoms with Crippen LogP contribution in [0, 0.1) is 0 Å². The average molecular weight is 421 g/mol. The maximum atomic E-state index is 13.1. The number of rotatable bonds is 3. The number of carbonyl (C=O) groups excluding carboxylic acids is 1. The number of amides is 1. The van der Waals surface area contributed by atoms with Crippen molar-refractivity contribution in [3.63, 3.8) is 0 Å². The Labute approximate surface area is 178 Å². The number of benzene rings is 2. The molecule has 3 heterocycles. The fraction of sp³-hybridized carbons (Fsp3) is 0.348. The van der Waals surface area contributed by atoms with Gasteiger partial charge in [-0.15, -0.1) is 0 Å². The zero-order valence-electron chi connectivity index (χ0n) is 17.0. The Bertz CT molecular complexity index is 1260. The van der Waals surface area contributed by atoms with Crippen LogP contribution in [0.2, 0.25) is 0 Å². The second kappa shape index (κ2) is 7.94. The molecule has 0 saturated carbocycles. The molecule has 3 aromatic rings. The number of carbonyl (C=O) groups is 1. The van der Waals surface area contributed by atoms with Crippen LogP contribution in [0.15, 0.2) is 52.1 Å². The maximum absolute atomic E-state index is 13.1. The highest BCUT2D eigenvalue weighted by Crippen LogP contribution is 2.38. The summed E-state index contributed by atoms with van der Waals surface area (Å²) >= 11 is 0. The van der Waals surface area contributed by atoms with E-state index in [4.69, 9.17) is 9.47 Å². The van der Waals surface area contributed by atoms with Gasteiger partial charge in [-0.25, -0.2) is 4.68 Å².